The monoisotopic (exact) mass is 305 g/mol. The number of aryl methyl sites for hydroxylation is 1. The number of hydrogen-bond acceptors (Lipinski definition) is 3. The Morgan fingerprint density at radius 3 is 2.50 bits per heavy atom. The topological polar surface area (TPSA) is 30.3 Å². The molecule has 1 aromatic rings. The van der Waals surface area contributed by atoms with Crippen LogP contribution in [0.15, 0.2) is 12.4 Å². The summed E-state index contributed by atoms with van der Waals surface area (Å²) in [4.78, 5) is 2.60. The molecular weight excluding hydrogens is 274 g/mol. The second kappa shape index (κ2) is 6.32. The second-order valence-corrected chi connectivity index (χ2v) is 7.56. The highest BCUT2D eigenvalue weighted by atomic mass is 16.5. The first-order valence-electron chi connectivity index (χ1n) is 8.91. The van der Waals surface area contributed by atoms with E-state index in [1.165, 1.54) is 44.1 Å². The fourth-order valence-corrected chi connectivity index (χ4v) is 3.90. The highest BCUT2D eigenvalue weighted by molar-refractivity contribution is 5.06. The third-order valence-electron chi connectivity index (χ3n) is 5.87. The van der Waals surface area contributed by atoms with Crippen LogP contribution in [-0.4, -0.2) is 47.0 Å². The molecule has 1 saturated heterocycles. The van der Waals surface area contributed by atoms with E-state index in [9.17, 15) is 0 Å². The van der Waals surface area contributed by atoms with Crippen molar-refractivity contribution in [1.29, 1.82) is 0 Å². The van der Waals surface area contributed by atoms with E-state index in [1.807, 2.05) is 7.11 Å². The molecule has 0 spiro atoms. The maximum absolute atomic E-state index is 5.78. The van der Waals surface area contributed by atoms with Gasteiger partial charge >= 0.3 is 0 Å². The Morgan fingerprint density at radius 2 is 1.95 bits per heavy atom. The summed E-state index contributed by atoms with van der Waals surface area (Å²) in [5.74, 6) is 0. The van der Waals surface area contributed by atoms with Crippen LogP contribution in [0, 0.1) is 0 Å². The highest BCUT2D eigenvalue weighted by Gasteiger charge is 2.41. The van der Waals surface area contributed by atoms with Crippen molar-refractivity contribution in [2.24, 2.45) is 0 Å². The average molecular weight is 305 g/mol. The molecule has 22 heavy (non-hydrogen) atoms. The van der Waals surface area contributed by atoms with Gasteiger partial charge in [-0.3, -0.25) is 4.68 Å². The molecule has 2 aliphatic rings. The molecule has 3 rings (SSSR count). The van der Waals surface area contributed by atoms with Crippen molar-refractivity contribution in [3.8, 4) is 0 Å². The summed E-state index contributed by atoms with van der Waals surface area (Å²) in [5.41, 5.74) is 1.72. The summed E-state index contributed by atoms with van der Waals surface area (Å²) in [7, 11) is 1.88. The maximum atomic E-state index is 5.78. The minimum Gasteiger partial charge on any atom is -0.377 e. The van der Waals surface area contributed by atoms with Crippen LogP contribution in [-0.2, 0) is 16.7 Å². The Kier molecular flexibility index (Phi) is 4.60. The summed E-state index contributed by atoms with van der Waals surface area (Å²) >= 11 is 0. The Bertz CT molecular complexity index is 479. The zero-order valence-electron chi connectivity index (χ0n) is 14.5. The standard InChI is InChI=1S/C18H31N3O/c1-4-6-16-13-19-21(14-16)17(2)9-11-20(12-10-17)15-18(22-3)7-5-8-18/h13-14H,4-12,15H2,1-3H3. The molecule has 1 aromatic heterocycles. The summed E-state index contributed by atoms with van der Waals surface area (Å²) < 4.78 is 8.01. The summed E-state index contributed by atoms with van der Waals surface area (Å²) in [5, 5.41) is 4.65. The van der Waals surface area contributed by atoms with E-state index >= 15 is 0 Å². The van der Waals surface area contributed by atoms with E-state index in [2.05, 4.69) is 40.9 Å². The molecule has 1 saturated carbocycles. The molecule has 4 heteroatoms. The summed E-state index contributed by atoms with van der Waals surface area (Å²) in [6, 6.07) is 0. The van der Waals surface area contributed by atoms with Gasteiger partial charge in [0.1, 0.15) is 0 Å². The van der Waals surface area contributed by atoms with Crippen LogP contribution in [0.3, 0.4) is 0 Å². The molecule has 124 valence electrons. The molecule has 4 nitrogen and oxygen atoms in total. The normalized spacial score (nSPS) is 24.1. The zero-order chi connectivity index (χ0) is 15.6. The zero-order valence-corrected chi connectivity index (χ0v) is 14.5. The molecule has 0 radical (unpaired) electrons. The van der Waals surface area contributed by atoms with Gasteiger partial charge < -0.3 is 9.64 Å². The van der Waals surface area contributed by atoms with Gasteiger partial charge in [-0.2, -0.15) is 5.10 Å². The number of hydrogen-bond donors (Lipinski definition) is 0. The van der Waals surface area contributed by atoms with E-state index < -0.39 is 0 Å². The maximum Gasteiger partial charge on any atom is 0.0805 e. The van der Waals surface area contributed by atoms with Gasteiger partial charge in [-0.1, -0.05) is 13.3 Å². The summed E-state index contributed by atoms with van der Waals surface area (Å²) in [6.45, 7) is 8.01. The molecule has 0 unspecified atom stereocenters. The first-order valence-corrected chi connectivity index (χ1v) is 8.91. The first kappa shape index (κ1) is 16.0. The SMILES string of the molecule is CCCc1cnn(C2(C)CCN(CC3(OC)CCC3)CC2)c1. The lowest BCUT2D eigenvalue weighted by atomic mass is 9.78. The molecule has 2 heterocycles. The molecule has 0 amide bonds. The van der Waals surface area contributed by atoms with Gasteiger partial charge in [0, 0.05) is 32.9 Å². The molecular formula is C18H31N3O. The van der Waals surface area contributed by atoms with Crippen LogP contribution < -0.4 is 0 Å². The van der Waals surface area contributed by atoms with Crippen molar-refractivity contribution < 1.29 is 4.74 Å². The van der Waals surface area contributed by atoms with Crippen molar-refractivity contribution in [2.75, 3.05) is 26.7 Å². The minimum absolute atomic E-state index is 0.160. The van der Waals surface area contributed by atoms with Gasteiger partial charge in [0.25, 0.3) is 0 Å². The van der Waals surface area contributed by atoms with Crippen LogP contribution in [0.2, 0.25) is 0 Å². The largest absolute Gasteiger partial charge is 0.377 e. The Balaban J connectivity index is 1.57. The van der Waals surface area contributed by atoms with Gasteiger partial charge in [-0.05, 0) is 51.0 Å². The number of aromatic nitrogens is 2. The number of ether oxygens (including phenoxy) is 1. The Hall–Kier alpha value is -0.870. The summed E-state index contributed by atoms with van der Waals surface area (Å²) in [6.07, 6.45) is 12.8. The van der Waals surface area contributed by atoms with Crippen LogP contribution >= 0.6 is 0 Å². The van der Waals surface area contributed by atoms with Gasteiger partial charge in [0.05, 0.1) is 17.3 Å². The molecule has 0 aromatic carbocycles. The average Bonchev–Trinajstić information content (AvgIpc) is 2.95. The lowest BCUT2D eigenvalue weighted by Crippen LogP contribution is -2.53. The lowest BCUT2D eigenvalue weighted by Gasteiger charge is -2.47. The van der Waals surface area contributed by atoms with E-state index in [0.717, 1.165) is 26.1 Å². The van der Waals surface area contributed by atoms with Crippen LogP contribution in [0.4, 0.5) is 0 Å². The molecule has 0 bridgehead atoms. The van der Waals surface area contributed by atoms with Crippen LogP contribution in [0.25, 0.3) is 0 Å². The second-order valence-electron chi connectivity index (χ2n) is 7.56. The fraction of sp³-hybridized carbons (Fsp3) is 0.833. The van der Waals surface area contributed by atoms with E-state index in [1.54, 1.807) is 0 Å². The number of nitrogens with zero attached hydrogens (tertiary/aromatic N) is 3. The molecule has 1 aliphatic heterocycles. The minimum atomic E-state index is 0.160. The van der Waals surface area contributed by atoms with Crippen molar-refractivity contribution in [1.82, 2.24) is 14.7 Å². The van der Waals surface area contributed by atoms with E-state index in [-0.39, 0.29) is 11.1 Å². The predicted octanol–water partition coefficient (Wildman–Crippen LogP) is 3.22. The van der Waals surface area contributed by atoms with Crippen LogP contribution in [0.5, 0.6) is 0 Å². The smallest absolute Gasteiger partial charge is 0.0805 e. The van der Waals surface area contributed by atoms with Crippen molar-refractivity contribution in [3.63, 3.8) is 0 Å². The highest BCUT2D eigenvalue weighted by Crippen LogP contribution is 2.37. The van der Waals surface area contributed by atoms with Crippen molar-refractivity contribution in [2.45, 2.75) is 69.9 Å². The van der Waals surface area contributed by atoms with Gasteiger partial charge in [-0.25, -0.2) is 0 Å². The van der Waals surface area contributed by atoms with E-state index in [4.69, 9.17) is 4.74 Å². The van der Waals surface area contributed by atoms with Gasteiger partial charge in [-0.15, -0.1) is 0 Å². The van der Waals surface area contributed by atoms with Crippen molar-refractivity contribution in [3.05, 3.63) is 18.0 Å². The predicted molar refractivity (Wildman–Crippen MR) is 89.1 cm³/mol. The Labute approximate surface area is 134 Å². The third-order valence-corrected chi connectivity index (χ3v) is 5.87. The van der Waals surface area contributed by atoms with E-state index in [0.29, 0.717) is 0 Å². The molecule has 2 fully saturated rings. The van der Waals surface area contributed by atoms with Crippen LogP contribution in [0.1, 0.15) is 57.9 Å². The van der Waals surface area contributed by atoms with Gasteiger partial charge in [0.15, 0.2) is 0 Å². The Morgan fingerprint density at radius 1 is 1.23 bits per heavy atom. The molecule has 0 atom stereocenters. The lowest BCUT2D eigenvalue weighted by molar-refractivity contribution is -0.0971. The first-order chi connectivity index (χ1) is 10.6. The third kappa shape index (κ3) is 3.09. The number of likely N-dealkylation sites (tertiary alicyclic amines) is 1. The number of piperidine rings is 1. The number of methoxy groups -OCH3 is 1. The van der Waals surface area contributed by atoms with Crippen molar-refractivity contribution >= 4 is 0 Å². The fourth-order valence-electron chi connectivity index (χ4n) is 3.90. The van der Waals surface area contributed by atoms with Gasteiger partial charge in [0.2, 0.25) is 0 Å². The molecule has 1 aliphatic carbocycles. The number of rotatable bonds is 6. The quantitative estimate of drug-likeness (QED) is 0.808. The molecule has 0 N–H and O–H groups in total.